The first-order chi connectivity index (χ1) is 8.29. The number of hydrogen-bond donors (Lipinski definition) is 1. The van der Waals surface area contributed by atoms with Gasteiger partial charge in [0.25, 0.3) is 0 Å². The third kappa shape index (κ3) is 2.96. The summed E-state index contributed by atoms with van der Waals surface area (Å²) in [6.07, 6.45) is 3.76. The Morgan fingerprint density at radius 1 is 1.41 bits per heavy atom. The van der Waals surface area contributed by atoms with Crippen LogP contribution in [0.5, 0.6) is 0 Å². The summed E-state index contributed by atoms with van der Waals surface area (Å²) in [5, 5.41) is 8.65. The molecule has 0 fully saturated rings. The third-order valence-electron chi connectivity index (χ3n) is 2.52. The predicted molar refractivity (Wildman–Crippen MR) is 66.5 cm³/mol. The fourth-order valence-corrected chi connectivity index (χ4v) is 1.66. The van der Waals surface area contributed by atoms with Gasteiger partial charge in [-0.3, -0.25) is 0 Å². The topological polar surface area (TPSA) is 38.0 Å². The van der Waals surface area contributed by atoms with Gasteiger partial charge < -0.3 is 9.67 Å². The van der Waals surface area contributed by atoms with E-state index in [1.54, 1.807) is 6.20 Å². The van der Waals surface area contributed by atoms with Crippen molar-refractivity contribution in [2.75, 3.05) is 6.61 Å². The van der Waals surface area contributed by atoms with Gasteiger partial charge >= 0.3 is 0 Å². The zero-order chi connectivity index (χ0) is 12.1. The molecule has 2 aromatic rings. The van der Waals surface area contributed by atoms with Crippen LogP contribution in [0, 0.1) is 18.8 Å². The molecule has 0 atom stereocenters. The van der Waals surface area contributed by atoms with E-state index in [9.17, 15) is 0 Å². The van der Waals surface area contributed by atoms with E-state index in [1.165, 1.54) is 5.56 Å². The van der Waals surface area contributed by atoms with E-state index in [2.05, 4.69) is 27.5 Å². The van der Waals surface area contributed by atoms with Crippen LogP contribution < -0.4 is 0 Å². The van der Waals surface area contributed by atoms with Crippen LogP contribution in [0.2, 0.25) is 0 Å². The van der Waals surface area contributed by atoms with Crippen LogP contribution in [0.15, 0.2) is 36.7 Å². The Kier molecular flexibility index (Phi) is 3.59. The molecule has 0 aliphatic heterocycles. The standard InChI is InChI=1S/C14H14N2O/c1-12-15-7-8-16(12)11-14-5-2-4-13(10-14)6-3-9-17/h2,4-5,7-8,10,17H,9,11H2,1H3. The molecule has 0 bridgehead atoms. The van der Waals surface area contributed by atoms with Gasteiger partial charge in [-0.2, -0.15) is 0 Å². The highest BCUT2D eigenvalue weighted by Crippen LogP contribution is 2.07. The summed E-state index contributed by atoms with van der Waals surface area (Å²) >= 11 is 0. The molecule has 0 amide bonds. The number of imidazole rings is 1. The SMILES string of the molecule is Cc1nccn1Cc1cccc(C#CCO)c1. The van der Waals surface area contributed by atoms with E-state index in [4.69, 9.17) is 5.11 Å². The highest BCUT2D eigenvalue weighted by atomic mass is 16.2. The van der Waals surface area contributed by atoms with Crippen molar-refractivity contribution in [3.63, 3.8) is 0 Å². The number of benzene rings is 1. The second-order valence-electron chi connectivity index (χ2n) is 3.76. The minimum absolute atomic E-state index is 0.106. The molecule has 0 saturated heterocycles. The van der Waals surface area contributed by atoms with Crippen molar-refractivity contribution in [2.45, 2.75) is 13.5 Å². The van der Waals surface area contributed by atoms with Gasteiger partial charge in [0.2, 0.25) is 0 Å². The van der Waals surface area contributed by atoms with E-state index in [-0.39, 0.29) is 6.61 Å². The fraction of sp³-hybridized carbons (Fsp3) is 0.214. The summed E-state index contributed by atoms with van der Waals surface area (Å²) < 4.78 is 2.08. The van der Waals surface area contributed by atoms with E-state index in [0.717, 1.165) is 17.9 Å². The first-order valence-electron chi connectivity index (χ1n) is 5.46. The summed E-state index contributed by atoms with van der Waals surface area (Å²) in [4.78, 5) is 4.19. The van der Waals surface area contributed by atoms with Crippen LogP contribution >= 0.6 is 0 Å². The zero-order valence-electron chi connectivity index (χ0n) is 9.72. The monoisotopic (exact) mass is 226 g/mol. The number of rotatable bonds is 2. The molecule has 1 heterocycles. The average Bonchev–Trinajstić information content (AvgIpc) is 2.73. The van der Waals surface area contributed by atoms with Gasteiger partial charge in [-0.25, -0.2) is 4.98 Å². The molecular weight excluding hydrogens is 212 g/mol. The van der Waals surface area contributed by atoms with Gasteiger partial charge in [0.1, 0.15) is 12.4 Å². The molecule has 0 aliphatic rings. The number of aliphatic hydroxyl groups excluding tert-OH is 1. The summed E-state index contributed by atoms with van der Waals surface area (Å²) in [7, 11) is 0. The van der Waals surface area contributed by atoms with Crippen molar-refractivity contribution in [3.05, 3.63) is 53.6 Å². The molecule has 1 aromatic carbocycles. The fourth-order valence-electron chi connectivity index (χ4n) is 1.66. The highest BCUT2D eigenvalue weighted by molar-refractivity contribution is 5.37. The maximum atomic E-state index is 8.65. The molecule has 2 rings (SSSR count). The molecule has 3 nitrogen and oxygen atoms in total. The van der Waals surface area contributed by atoms with E-state index in [1.807, 2.05) is 31.3 Å². The highest BCUT2D eigenvalue weighted by Gasteiger charge is 1.99. The van der Waals surface area contributed by atoms with Gasteiger partial charge in [0.05, 0.1) is 0 Å². The lowest BCUT2D eigenvalue weighted by Gasteiger charge is -2.05. The van der Waals surface area contributed by atoms with E-state index < -0.39 is 0 Å². The lowest BCUT2D eigenvalue weighted by molar-refractivity contribution is 0.350. The molecule has 0 unspecified atom stereocenters. The molecule has 3 heteroatoms. The number of aliphatic hydroxyl groups is 1. The quantitative estimate of drug-likeness (QED) is 0.790. The Hall–Kier alpha value is -2.05. The Morgan fingerprint density at radius 2 is 2.29 bits per heavy atom. The van der Waals surface area contributed by atoms with Crippen LogP contribution in [0.3, 0.4) is 0 Å². The number of aryl methyl sites for hydroxylation is 1. The summed E-state index contributed by atoms with van der Waals surface area (Å²) in [5.74, 6) is 6.55. The Morgan fingerprint density at radius 3 is 3.00 bits per heavy atom. The maximum Gasteiger partial charge on any atom is 0.105 e. The van der Waals surface area contributed by atoms with Gasteiger partial charge in [-0.15, -0.1) is 0 Å². The van der Waals surface area contributed by atoms with Crippen molar-refractivity contribution in [3.8, 4) is 11.8 Å². The lowest BCUT2D eigenvalue weighted by Crippen LogP contribution is -2.00. The summed E-state index contributed by atoms with van der Waals surface area (Å²) in [6, 6.07) is 8.00. The molecule has 0 radical (unpaired) electrons. The van der Waals surface area contributed by atoms with Crippen molar-refractivity contribution in [2.24, 2.45) is 0 Å². The third-order valence-corrected chi connectivity index (χ3v) is 2.52. The number of hydrogen-bond acceptors (Lipinski definition) is 2. The smallest absolute Gasteiger partial charge is 0.105 e. The predicted octanol–water partition coefficient (Wildman–Crippen LogP) is 1.58. The van der Waals surface area contributed by atoms with Gasteiger partial charge in [-0.1, -0.05) is 24.0 Å². The molecule has 17 heavy (non-hydrogen) atoms. The summed E-state index contributed by atoms with van der Waals surface area (Å²) in [5.41, 5.74) is 2.10. The number of nitrogens with zero attached hydrogens (tertiary/aromatic N) is 2. The van der Waals surface area contributed by atoms with Crippen molar-refractivity contribution in [1.82, 2.24) is 9.55 Å². The maximum absolute atomic E-state index is 8.65. The molecular formula is C14H14N2O. The molecule has 1 aromatic heterocycles. The van der Waals surface area contributed by atoms with Crippen LogP contribution in [0.25, 0.3) is 0 Å². The molecule has 0 aliphatic carbocycles. The zero-order valence-corrected chi connectivity index (χ0v) is 9.72. The van der Waals surface area contributed by atoms with Gasteiger partial charge in [0.15, 0.2) is 0 Å². The molecule has 0 saturated carbocycles. The Labute approximate surface area is 101 Å². The second kappa shape index (κ2) is 5.33. The van der Waals surface area contributed by atoms with Crippen LogP contribution in [-0.4, -0.2) is 21.3 Å². The first kappa shape index (κ1) is 11.4. The first-order valence-corrected chi connectivity index (χ1v) is 5.46. The van der Waals surface area contributed by atoms with Crippen LogP contribution in [-0.2, 0) is 6.54 Å². The van der Waals surface area contributed by atoms with Crippen LogP contribution in [0.4, 0.5) is 0 Å². The molecule has 86 valence electrons. The minimum Gasteiger partial charge on any atom is -0.384 e. The largest absolute Gasteiger partial charge is 0.384 e. The Balaban J connectivity index is 2.19. The normalized spacial score (nSPS) is 9.76. The van der Waals surface area contributed by atoms with Crippen molar-refractivity contribution < 1.29 is 5.11 Å². The number of aromatic nitrogens is 2. The molecule has 0 spiro atoms. The minimum atomic E-state index is -0.106. The summed E-state index contributed by atoms with van der Waals surface area (Å²) in [6.45, 7) is 2.67. The van der Waals surface area contributed by atoms with Gasteiger partial charge in [-0.05, 0) is 24.6 Å². The Bertz CT molecular complexity index is 561. The van der Waals surface area contributed by atoms with Crippen LogP contribution in [0.1, 0.15) is 17.0 Å². The van der Waals surface area contributed by atoms with Gasteiger partial charge in [0, 0.05) is 24.5 Å². The average molecular weight is 226 g/mol. The lowest BCUT2D eigenvalue weighted by atomic mass is 10.1. The second-order valence-corrected chi connectivity index (χ2v) is 3.76. The van der Waals surface area contributed by atoms with Crippen molar-refractivity contribution in [1.29, 1.82) is 0 Å². The molecule has 1 N–H and O–H groups in total. The van der Waals surface area contributed by atoms with Crippen molar-refractivity contribution >= 4 is 0 Å². The van der Waals surface area contributed by atoms with E-state index in [0.29, 0.717) is 0 Å². The van der Waals surface area contributed by atoms with E-state index >= 15 is 0 Å².